The van der Waals surface area contributed by atoms with Crippen LogP contribution in [-0.2, 0) is 14.2 Å². The van der Waals surface area contributed by atoms with Crippen molar-refractivity contribution in [1.29, 1.82) is 0 Å². The predicted octanol–water partition coefficient (Wildman–Crippen LogP) is 8.64. The molecule has 0 aromatic heterocycles. The van der Waals surface area contributed by atoms with Crippen molar-refractivity contribution in [1.82, 2.24) is 0 Å². The third kappa shape index (κ3) is 7.94. The third-order valence-electron chi connectivity index (χ3n) is 10.4. The van der Waals surface area contributed by atoms with E-state index in [1.807, 2.05) is 0 Å². The molecule has 0 bridgehead atoms. The van der Waals surface area contributed by atoms with E-state index in [9.17, 15) is 0 Å². The Bertz CT molecular complexity index is 546. The standard InChI is InChI=1S/2C11H22O.C9H18O/c1-6-11-9(4)7(2)8(3)10(5)12-11;1-6-7(2)11-9(4)8(3)10(5)12-11;1-5-9-7(3)6(2)8(4)10-9/h2*7-11H,6H2,1-5H3;6-9H,5H2,1-4H3/t7-,8?,9-,10?,11?;7-,8-,9+,10?,11-;6?,7-,8?,9-/m101/s1. The normalized spacial score (nSPS) is 47.3. The lowest BCUT2D eigenvalue weighted by molar-refractivity contribution is -0.125. The molecule has 3 saturated heterocycles. The van der Waals surface area contributed by atoms with Crippen molar-refractivity contribution in [3.05, 3.63) is 0 Å². The Morgan fingerprint density at radius 1 is 0.471 bits per heavy atom. The minimum absolute atomic E-state index is 0.446. The zero-order valence-electron chi connectivity index (χ0n) is 25.4. The molecule has 3 rings (SSSR count). The van der Waals surface area contributed by atoms with Gasteiger partial charge in [-0.1, -0.05) is 82.6 Å². The second kappa shape index (κ2) is 14.6. The summed E-state index contributed by atoms with van der Waals surface area (Å²) in [5.41, 5.74) is 0. The molecule has 0 saturated carbocycles. The fourth-order valence-electron chi connectivity index (χ4n) is 6.10. The summed E-state index contributed by atoms with van der Waals surface area (Å²) in [4.78, 5) is 0. The van der Waals surface area contributed by atoms with Crippen LogP contribution in [0.15, 0.2) is 0 Å². The summed E-state index contributed by atoms with van der Waals surface area (Å²) >= 11 is 0. The summed E-state index contributed by atoms with van der Waals surface area (Å²) in [6, 6.07) is 0. The number of hydrogen-bond acceptors (Lipinski definition) is 3. The van der Waals surface area contributed by atoms with Gasteiger partial charge in [-0.2, -0.15) is 0 Å². The SMILES string of the molecule is CCC1OC(C)C(C)[C@@H](C)[C@H]1C.CC[C@H](C)[C@@H]1OC(C)[C@@H](C)[C@H]1C.CC[C@H]1OC(C)C(C)[C@H]1C. The van der Waals surface area contributed by atoms with Gasteiger partial charge in [0.25, 0.3) is 0 Å². The van der Waals surface area contributed by atoms with Crippen LogP contribution in [0.5, 0.6) is 0 Å². The van der Waals surface area contributed by atoms with Gasteiger partial charge in [0.2, 0.25) is 0 Å². The van der Waals surface area contributed by atoms with E-state index in [1.165, 1.54) is 6.42 Å². The number of ether oxygens (including phenoxy) is 3. The molecule has 0 amide bonds. The van der Waals surface area contributed by atoms with Crippen molar-refractivity contribution >= 4 is 0 Å². The summed E-state index contributed by atoms with van der Waals surface area (Å²) in [7, 11) is 0. The second-order valence-corrected chi connectivity index (χ2v) is 12.3. The summed E-state index contributed by atoms with van der Waals surface area (Å²) in [5.74, 6) is 5.90. The highest BCUT2D eigenvalue weighted by Gasteiger charge is 2.38. The molecule has 0 aromatic rings. The van der Waals surface area contributed by atoms with Crippen LogP contribution in [0.25, 0.3) is 0 Å². The molecule has 6 unspecified atom stereocenters. The van der Waals surface area contributed by atoms with Gasteiger partial charge in [-0.3, -0.25) is 0 Å². The van der Waals surface area contributed by atoms with Crippen LogP contribution in [-0.4, -0.2) is 36.6 Å². The summed E-state index contributed by atoms with van der Waals surface area (Å²) in [6.07, 6.45) is 6.43. The van der Waals surface area contributed by atoms with E-state index in [0.717, 1.165) is 48.3 Å². The van der Waals surface area contributed by atoms with Crippen LogP contribution in [0.1, 0.15) is 116 Å². The van der Waals surface area contributed by atoms with Crippen LogP contribution in [0.2, 0.25) is 0 Å². The molecule has 0 spiro atoms. The average molecular weight is 483 g/mol. The van der Waals surface area contributed by atoms with E-state index in [1.54, 1.807) is 0 Å². The van der Waals surface area contributed by atoms with Gasteiger partial charge in [0.1, 0.15) is 0 Å². The van der Waals surface area contributed by atoms with Gasteiger partial charge in [0, 0.05) is 0 Å². The Morgan fingerprint density at radius 3 is 1.18 bits per heavy atom. The summed E-state index contributed by atoms with van der Waals surface area (Å²) in [6.45, 7) is 31.7. The van der Waals surface area contributed by atoms with E-state index in [4.69, 9.17) is 14.2 Å². The maximum absolute atomic E-state index is 5.94. The van der Waals surface area contributed by atoms with Crippen molar-refractivity contribution in [3.8, 4) is 0 Å². The van der Waals surface area contributed by atoms with Crippen molar-refractivity contribution in [3.63, 3.8) is 0 Å². The number of rotatable bonds is 4. The lowest BCUT2D eigenvalue weighted by Gasteiger charge is -2.42. The Labute approximate surface area is 214 Å². The molecule has 34 heavy (non-hydrogen) atoms. The highest BCUT2D eigenvalue weighted by atomic mass is 16.5. The predicted molar refractivity (Wildman–Crippen MR) is 147 cm³/mol. The first kappa shape index (κ1) is 31.9. The average Bonchev–Trinajstić information content (AvgIpc) is 3.23. The van der Waals surface area contributed by atoms with Crippen LogP contribution < -0.4 is 0 Å². The second-order valence-electron chi connectivity index (χ2n) is 12.3. The van der Waals surface area contributed by atoms with Crippen LogP contribution in [0, 0.1) is 47.3 Å². The molecule has 14 atom stereocenters. The van der Waals surface area contributed by atoms with Gasteiger partial charge in [0.05, 0.1) is 36.6 Å². The topological polar surface area (TPSA) is 27.7 Å². The highest BCUT2D eigenvalue weighted by Crippen LogP contribution is 2.37. The minimum Gasteiger partial charge on any atom is -0.375 e. The van der Waals surface area contributed by atoms with E-state index in [-0.39, 0.29) is 0 Å². The molecular formula is C31H62O3. The van der Waals surface area contributed by atoms with Crippen LogP contribution in [0.4, 0.5) is 0 Å². The van der Waals surface area contributed by atoms with Gasteiger partial charge in [-0.25, -0.2) is 0 Å². The molecule has 3 heterocycles. The largest absolute Gasteiger partial charge is 0.375 e. The quantitative estimate of drug-likeness (QED) is 0.401. The minimum atomic E-state index is 0.446. The molecule has 0 N–H and O–H groups in total. The first-order valence-corrected chi connectivity index (χ1v) is 14.8. The van der Waals surface area contributed by atoms with E-state index < -0.39 is 0 Å². The highest BCUT2D eigenvalue weighted by molar-refractivity contribution is 4.86. The summed E-state index contributed by atoms with van der Waals surface area (Å²) in [5, 5.41) is 0. The molecule has 3 heteroatoms. The van der Waals surface area contributed by atoms with Crippen molar-refractivity contribution in [2.45, 2.75) is 153 Å². The monoisotopic (exact) mass is 482 g/mol. The molecule has 0 radical (unpaired) electrons. The lowest BCUT2D eigenvalue weighted by atomic mass is 9.76. The molecule has 3 aliphatic rings. The Kier molecular flexibility index (Phi) is 13.7. The Balaban J connectivity index is 0.000000256. The smallest absolute Gasteiger partial charge is 0.0633 e. The zero-order valence-corrected chi connectivity index (χ0v) is 25.4. The fraction of sp³-hybridized carbons (Fsp3) is 1.00. The zero-order chi connectivity index (χ0) is 26.3. The summed E-state index contributed by atoms with van der Waals surface area (Å²) < 4.78 is 17.6. The Hall–Kier alpha value is -0.120. The van der Waals surface area contributed by atoms with Crippen LogP contribution >= 0.6 is 0 Å². The van der Waals surface area contributed by atoms with Crippen LogP contribution in [0.3, 0.4) is 0 Å². The first-order valence-electron chi connectivity index (χ1n) is 14.8. The number of hydrogen-bond donors (Lipinski definition) is 0. The lowest BCUT2D eigenvalue weighted by Crippen LogP contribution is -2.42. The molecular weight excluding hydrogens is 420 g/mol. The molecule has 3 aliphatic heterocycles. The fourth-order valence-corrected chi connectivity index (χ4v) is 6.10. The van der Waals surface area contributed by atoms with E-state index >= 15 is 0 Å². The van der Waals surface area contributed by atoms with Gasteiger partial charge in [-0.15, -0.1) is 0 Å². The third-order valence-corrected chi connectivity index (χ3v) is 10.4. The van der Waals surface area contributed by atoms with E-state index in [0.29, 0.717) is 48.5 Å². The van der Waals surface area contributed by atoms with Crippen molar-refractivity contribution in [2.24, 2.45) is 47.3 Å². The van der Waals surface area contributed by atoms with Gasteiger partial charge in [0.15, 0.2) is 0 Å². The van der Waals surface area contributed by atoms with E-state index in [2.05, 4.69) is 96.9 Å². The van der Waals surface area contributed by atoms with Crippen molar-refractivity contribution in [2.75, 3.05) is 0 Å². The van der Waals surface area contributed by atoms with Crippen molar-refractivity contribution < 1.29 is 14.2 Å². The molecule has 3 nitrogen and oxygen atoms in total. The molecule has 0 aliphatic carbocycles. The van der Waals surface area contributed by atoms with Gasteiger partial charge >= 0.3 is 0 Å². The molecule has 204 valence electrons. The van der Waals surface area contributed by atoms with Gasteiger partial charge in [-0.05, 0) is 81.0 Å². The molecule has 0 aromatic carbocycles. The maximum Gasteiger partial charge on any atom is 0.0633 e. The molecule has 3 fully saturated rings. The first-order chi connectivity index (χ1) is 15.8. The maximum atomic E-state index is 5.94. The van der Waals surface area contributed by atoms with Gasteiger partial charge < -0.3 is 14.2 Å². The Morgan fingerprint density at radius 2 is 0.824 bits per heavy atom.